The number of benzene rings is 2. The number of phenols is 1. The summed E-state index contributed by atoms with van der Waals surface area (Å²) in [4.78, 5) is 22.2. The molecule has 124 valence electrons. The number of phenolic OH excluding ortho intramolecular Hbond substituents is 1. The second-order valence-electron chi connectivity index (χ2n) is 4.52. The number of ether oxygens (including phenoxy) is 1. The van der Waals surface area contributed by atoms with Gasteiger partial charge >= 0.3 is 5.69 Å². The molecule has 24 heavy (non-hydrogen) atoms. The van der Waals surface area contributed by atoms with E-state index in [2.05, 4.69) is 10.5 Å². The topological polar surface area (TPSA) is 114 Å². The molecule has 0 bridgehead atoms. The maximum absolute atomic E-state index is 12.8. The molecule has 2 N–H and O–H groups in total. The molecule has 0 aliphatic rings. The van der Waals surface area contributed by atoms with Crippen LogP contribution in [-0.2, 0) is 0 Å². The van der Waals surface area contributed by atoms with Gasteiger partial charge in [-0.25, -0.2) is 9.82 Å². The second kappa shape index (κ2) is 7.18. The van der Waals surface area contributed by atoms with Crippen LogP contribution in [-0.4, -0.2) is 29.3 Å². The van der Waals surface area contributed by atoms with E-state index >= 15 is 0 Å². The largest absolute Gasteiger partial charge is 0.504 e. The quantitative estimate of drug-likeness (QED) is 0.495. The molecule has 0 aliphatic carbocycles. The van der Waals surface area contributed by atoms with Crippen LogP contribution in [0.15, 0.2) is 41.5 Å². The number of nitrogens with one attached hydrogen (secondary N) is 1. The molecular weight excluding hydrogens is 321 g/mol. The Balaban J connectivity index is 2.21. The van der Waals surface area contributed by atoms with E-state index in [4.69, 9.17) is 4.74 Å². The third kappa shape index (κ3) is 3.64. The van der Waals surface area contributed by atoms with Gasteiger partial charge in [0.25, 0.3) is 5.91 Å². The van der Waals surface area contributed by atoms with E-state index in [9.17, 15) is 24.4 Å². The first-order valence-electron chi connectivity index (χ1n) is 6.57. The van der Waals surface area contributed by atoms with Gasteiger partial charge in [-0.05, 0) is 36.4 Å². The summed E-state index contributed by atoms with van der Waals surface area (Å²) in [7, 11) is 1.18. The molecule has 0 aliphatic heterocycles. The number of nitro benzene ring substituents is 1. The summed E-state index contributed by atoms with van der Waals surface area (Å²) in [5.74, 6) is -1.80. The highest BCUT2D eigenvalue weighted by molar-refractivity contribution is 5.95. The summed E-state index contributed by atoms with van der Waals surface area (Å²) in [5, 5.41) is 24.3. The van der Waals surface area contributed by atoms with E-state index in [0.717, 1.165) is 18.3 Å². The minimum absolute atomic E-state index is 0.0223. The van der Waals surface area contributed by atoms with Gasteiger partial charge in [0, 0.05) is 5.56 Å². The highest BCUT2D eigenvalue weighted by Gasteiger charge is 2.23. The fourth-order valence-corrected chi connectivity index (χ4v) is 1.90. The number of rotatable bonds is 5. The summed E-state index contributed by atoms with van der Waals surface area (Å²) in [6.45, 7) is 0. The third-order valence-electron chi connectivity index (χ3n) is 3.00. The zero-order valence-corrected chi connectivity index (χ0v) is 12.4. The summed E-state index contributed by atoms with van der Waals surface area (Å²) in [5.41, 5.74) is 1.87. The van der Waals surface area contributed by atoms with Crippen molar-refractivity contribution in [2.75, 3.05) is 7.11 Å². The van der Waals surface area contributed by atoms with Gasteiger partial charge in [0.05, 0.1) is 23.8 Å². The van der Waals surface area contributed by atoms with Gasteiger partial charge in [-0.2, -0.15) is 5.10 Å². The summed E-state index contributed by atoms with van der Waals surface area (Å²) < 4.78 is 17.6. The summed E-state index contributed by atoms with van der Waals surface area (Å²) >= 11 is 0. The number of hydrazone groups is 1. The molecule has 2 rings (SSSR count). The molecule has 8 nitrogen and oxygen atoms in total. The number of amides is 1. The fourth-order valence-electron chi connectivity index (χ4n) is 1.90. The number of hydrogen-bond acceptors (Lipinski definition) is 6. The van der Waals surface area contributed by atoms with Crippen LogP contribution in [0.3, 0.4) is 0 Å². The Morgan fingerprint density at radius 3 is 2.58 bits per heavy atom. The van der Waals surface area contributed by atoms with Crippen LogP contribution in [0, 0.1) is 15.9 Å². The first-order valence-corrected chi connectivity index (χ1v) is 6.57. The van der Waals surface area contributed by atoms with Crippen molar-refractivity contribution in [3.8, 4) is 11.5 Å². The molecule has 0 saturated carbocycles. The number of methoxy groups -OCH3 is 1. The molecule has 1 amide bonds. The fraction of sp³-hybridized carbons (Fsp3) is 0.0667. The Morgan fingerprint density at radius 2 is 2.00 bits per heavy atom. The Labute approximate surface area is 135 Å². The average Bonchev–Trinajstić information content (AvgIpc) is 2.56. The van der Waals surface area contributed by atoms with Crippen molar-refractivity contribution in [3.05, 3.63) is 63.5 Å². The number of carbonyl (C=O) groups is 1. The molecule has 0 atom stereocenters. The molecule has 0 radical (unpaired) electrons. The lowest BCUT2D eigenvalue weighted by Gasteiger charge is -2.06. The minimum atomic E-state index is -0.734. The number of halogens is 1. The normalized spacial score (nSPS) is 10.6. The summed E-state index contributed by atoms with van der Waals surface area (Å²) in [6, 6.07) is 7.24. The maximum atomic E-state index is 12.8. The zero-order valence-electron chi connectivity index (χ0n) is 12.4. The van der Waals surface area contributed by atoms with Crippen LogP contribution in [0.1, 0.15) is 15.9 Å². The number of nitro groups is 1. The molecule has 0 aromatic heterocycles. The van der Waals surface area contributed by atoms with Crippen molar-refractivity contribution in [1.82, 2.24) is 5.43 Å². The van der Waals surface area contributed by atoms with E-state index in [1.165, 1.54) is 31.4 Å². The molecule has 0 saturated heterocycles. The van der Waals surface area contributed by atoms with E-state index in [1.54, 1.807) is 0 Å². The third-order valence-corrected chi connectivity index (χ3v) is 3.00. The van der Waals surface area contributed by atoms with E-state index in [1.807, 2.05) is 0 Å². The number of hydrogen-bond donors (Lipinski definition) is 2. The number of carbonyl (C=O) groups excluding carboxylic acids is 1. The Bertz CT molecular complexity index is 806. The Morgan fingerprint density at radius 1 is 1.33 bits per heavy atom. The predicted octanol–water partition coefficient (Wildman–Crippen LogP) is 2.21. The smallest absolute Gasteiger partial charge is 0.323 e. The van der Waals surface area contributed by atoms with Crippen molar-refractivity contribution in [2.24, 2.45) is 5.10 Å². The maximum Gasteiger partial charge on any atom is 0.323 e. The molecule has 0 spiro atoms. The molecule has 2 aromatic carbocycles. The number of aromatic hydroxyl groups is 1. The van der Waals surface area contributed by atoms with Crippen molar-refractivity contribution in [2.45, 2.75) is 0 Å². The Hall–Kier alpha value is -3.49. The lowest BCUT2D eigenvalue weighted by molar-refractivity contribution is -0.386. The first kappa shape index (κ1) is 16.9. The van der Waals surface area contributed by atoms with Crippen LogP contribution >= 0.6 is 0 Å². The number of nitrogens with zero attached hydrogens (tertiary/aromatic N) is 2. The first-order chi connectivity index (χ1) is 11.4. The lowest BCUT2D eigenvalue weighted by atomic mass is 10.1. The minimum Gasteiger partial charge on any atom is -0.504 e. The summed E-state index contributed by atoms with van der Waals surface area (Å²) in [6.07, 6.45) is 1.04. The van der Waals surface area contributed by atoms with E-state index in [0.29, 0.717) is 0 Å². The van der Waals surface area contributed by atoms with Crippen molar-refractivity contribution in [3.63, 3.8) is 0 Å². The average molecular weight is 333 g/mol. The van der Waals surface area contributed by atoms with E-state index < -0.39 is 28.1 Å². The molecule has 9 heteroatoms. The van der Waals surface area contributed by atoms with Gasteiger partial charge in [0.1, 0.15) is 5.82 Å². The van der Waals surface area contributed by atoms with Gasteiger partial charge in [0.15, 0.2) is 5.75 Å². The van der Waals surface area contributed by atoms with Crippen LogP contribution in [0.4, 0.5) is 10.1 Å². The highest BCUT2D eigenvalue weighted by atomic mass is 19.1. The highest BCUT2D eigenvalue weighted by Crippen LogP contribution is 2.37. The van der Waals surface area contributed by atoms with Gasteiger partial charge in [0.2, 0.25) is 5.75 Å². The lowest BCUT2D eigenvalue weighted by Crippen LogP contribution is -2.17. The van der Waals surface area contributed by atoms with Gasteiger partial charge < -0.3 is 9.84 Å². The molecule has 0 fully saturated rings. The molecule has 0 unspecified atom stereocenters. The Kier molecular flexibility index (Phi) is 5.05. The van der Waals surface area contributed by atoms with Crippen molar-refractivity contribution in [1.29, 1.82) is 0 Å². The van der Waals surface area contributed by atoms with Gasteiger partial charge in [-0.3, -0.25) is 14.9 Å². The van der Waals surface area contributed by atoms with Crippen LogP contribution in [0.25, 0.3) is 0 Å². The van der Waals surface area contributed by atoms with Crippen LogP contribution in [0.2, 0.25) is 0 Å². The van der Waals surface area contributed by atoms with Crippen molar-refractivity contribution >= 4 is 17.8 Å². The SMILES string of the molecule is COc1c(O)ccc(/C=N/NC(=O)c2ccc(F)cc2)c1[N+](=O)[O-]. The van der Waals surface area contributed by atoms with Crippen molar-refractivity contribution < 1.29 is 24.0 Å². The van der Waals surface area contributed by atoms with Crippen LogP contribution in [0.5, 0.6) is 11.5 Å². The van der Waals surface area contributed by atoms with Crippen LogP contribution < -0.4 is 10.2 Å². The molecule has 0 heterocycles. The monoisotopic (exact) mass is 333 g/mol. The van der Waals surface area contributed by atoms with Gasteiger partial charge in [-0.1, -0.05) is 0 Å². The second-order valence-corrected chi connectivity index (χ2v) is 4.52. The molecular formula is C15H12FN3O5. The predicted molar refractivity (Wildman–Crippen MR) is 82.8 cm³/mol. The van der Waals surface area contributed by atoms with Gasteiger partial charge in [-0.15, -0.1) is 0 Å². The zero-order chi connectivity index (χ0) is 17.7. The van der Waals surface area contributed by atoms with E-state index in [-0.39, 0.29) is 16.9 Å². The molecule has 2 aromatic rings. The standard InChI is InChI=1S/C15H12FN3O5/c1-24-14-12(20)7-4-10(13(14)19(22)23)8-17-18-15(21)9-2-5-11(16)6-3-9/h2-8,20H,1H3,(H,18,21)/b17-8+.